The highest BCUT2D eigenvalue weighted by Crippen LogP contribution is 2.06. The zero-order valence-electron chi connectivity index (χ0n) is 11.9. The van der Waals surface area contributed by atoms with E-state index in [0.717, 1.165) is 25.5 Å². The van der Waals surface area contributed by atoms with Crippen LogP contribution in [-0.4, -0.2) is 21.1 Å². The fourth-order valence-corrected chi connectivity index (χ4v) is 2.02. The predicted octanol–water partition coefficient (Wildman–Crippen LogP) is 2.38. The van der Waals surface area contributed by atoms with Crippen LogP contribution in [-0.2, 0) is 13.1 Å². The Morgan fingerprint density at radius 2 is 2.16 bits per heavy atom. The molecule has 0 fully saturated rings. The first-order valence-corrected chi connectivity index (χ1v) is 6.76. The maximum Gasteiger partial charge on any atom is 0.122 e. The van der Waals surface area contributed by atoms with Gasteiger partial charge in [0.05, 0.1) is 13.1 Å². The van der Waals surface area contributed by atoms with Crippen LogP contribution in [0.4, 0.5) is 0 Å². The zero-order chi connectivity index (χ0) is 13.7. The molecule has 2 heterocycles. The molecule has 0 bridgehead atoms. The number of aromatic nitrogens is 3. The molecule has 4 nitrogen and oxygen atoms in total. The van der Waals surface area contributed by atoms with Gasteiger partial charge in [-0.3, -0.25) is 4.98 Å². The van der Waals surface area contributed by atoms with Gasteiger partial charge in [0.2, 0.25) is 0 Å². The molecule has 19 heavy (non-hydrogen) atoms. The summed E-state index contributed by atoms with van der Waals surface area (Å²) in [6.07, 6.45) is 7.67. The van der Waals surface area contributed by atoms with E-state index in [0.29, 0.717) is 5.92 Å². The second-order valence-electron chi connectivity index (χ2n) is 5.37. The maximum atomic E-state index is 4.41. The van der Waals surface area contributed by atoms with Crippen molar-refractivity contribution in [3.8, 4) is 0 Å². The Bertz CT molecular complexity index is 516. The van der Waals surface area contributed by atoms with Crippen molar-refractivity contribution in [2.24, 2.45) is 5.92 Å². The monoisotopic (exact) mass is 258 g/mol. The number of hydrogen-bond donors (Lipinski definition) is 1. The molecule has 2 aromatic heterocycles. The Morgan fingerprint density at radius 3 is 2.89 bits per heavy atom. The van der Waals surface area contributed by atoms with E-state index in [1.54, 1.807) is 0 Å². The summed E-state index contributed by atoms with van der Waals surface area (Å²) in [7, 11) is 0. The van der Waals surface area contributed by atoms with Gasteiger partial charge in [-0.1, -0.05) is 19.9 Å². The SMILES string of the molecule is Cc1cncc(Cn2ccnc2CNCC(C)C)c1. The second-order valence-corrected chi connectivity index (χ2v) is 5.37. The maximum absolute atomic E-state index is 4.41. The minimum atomic E-state index is 0.657. The van der Waals surface area contributed by atoms with Gasteiger partial charge in [0, 0.05) is 24.8 Å². The van der Waals surface area contributed by atoms with Gasteiger partial charge in [0.1, 0.15) is 5.82 Å². The normalized spacial score (nSPS) is 11.2. The van der Waals surface area contributed by atoms with E-state index in [9.17, 15) is 0 Å². The number of nitrogens with zero attached hydrogens (tertiary/aromatic N) is 3. The standard InChI is InChI=1S/C15H22N4/c1-12(2)7-16-10-15-18-4-5-19(15)11-14-6-13(3)8-17-9-14/h4-6,8-9,12,16H,7,10-11H2,1-3H3. The molecule has 4 heteroatoms. The highest BCUT2D eigenvalue weighted by atomic mass is 15.1. The largest absolute Gasteiger partial charge is 0.329 e. The number of rotatable bonds is 6. The molecule has 0 amide bonds. The van der Waals surface area contributed by atoms with Gasteiger partial charge in [0.15, 0.2) is 0 Å². The van der Waals surface area contributed by atoms with Crippen molar-refractivity contribution < 1.29 is 0 Å². The van der Waals surface area contributed by atoms with Crippen LogP contribution >= 0.6 is 0 Å². The first kappa shape index (κ1) is 13.7. The van der Waals surface area contributed by atoms with Crippen molar-refractivity contribution in [3.05, 3.63) is 47.8 Å². The summed E-state index contributed by atoms with van der Waals surface area (Å²) in [5.41, 5.74) is 2.40. The molecule has 1 N–H and O–H groups in total. The molecule has 0 saturated carbocycles. The number of aryl methyl sites for hydroxylation is 1. The first-order chi connectivity index (χ1) is 9.15. The number of nitrogens with one attached hydrogen (secondary N) is 1. The third kappa shape index (κ3) is 4.17. The molecule has 0 aliphatic rings. The molecule has 0 saturated heterocycles. The molecular weight excluding hydrogens is 236 g/mol. The summed E-state index contributed by atoms with van der Waals surface area (Å²) >= 11 is 0. The van der Waals surface area contributed by atoms with E-state index in [2.05, 4.69) is 46.7 Å². The third-order valence-corrected chi connectivity index (χ3v) is 2.92. The smallest absolute Gasteiger partial charge is 0.122 e. The van der Waals surface area contributed by atoms with E-state index in [4.69, 9.17) is 0 Å². The van der Waals surface area contributed by atoms with E-state index < -0.39 is 0 Å². The first-order valence-electron chi connectivity index (χ1n) is 6.76. The van der Waals surface area contributed by atoms with Crippen molar-refractivity contribution in [1.82, 2.24) is 19.9 Å². The summed E-state index contributed by atoms with van der Waals surface area (Å²) < 4.78 is 2.17. The Balaban J connectivity index is 1.99. The molecular formula is C15H22N4. The molecule has 102 valence electrons. The highest BCUT2D eigenvalue weighted by molar-refractivity contribution is 5.17. The van der Waals surface area contributed by atoms with Crippen LogP contribution in [0, 0.1) is 12.8 Å². The van der Waals surface area contributed by atoms with Crippen LogP contribution in [0.2, 0.25) is 0 Å². The minimum absolute atomic E-state index is 0.657. The lowest BCUT2D eigenvalue weighted by atomic mass is 10.2. The lowest BCUT2D eigenvalue weighted by molar-refractivity contribution is 0.533. The van der Waals surface area contributed by atoms with Crippen molar-refractivity contribution >= 4 is 0 Å². The molecule has 0 radical (unpaired) electrons. The van der Waals surface area contributed by atoms with Crippen molar-refractivity contribution in [2.75, 3.05) is 6.54 Å². The molecule has 0 spiro atoms. The average Bonchev–Trinajstić information content (AvgIpc) is 2.76. The van der Waals surface area contributed by atoms with Crippen molar-refractivity contribution in [2.45, 2.75) is 33.9 Å². The van der Waals surface area contributed by atoms with Crippen LogP contribution in [0.1, 0.15) is 30.8 Å². The summed E-state index contributed by atoms with van der Waals surface area (Å²) in [6.45, 7) is 9.13. The molecule has 0 aliphatic heterocycles. The third-order valence-electron chi connectivity index (χ3n) is 2.92. The number of pyridine rings is 1. The van der Waals surface area contributed by atoms with Crippen LogP contribution in [0.5, 0.6) is 0 Å². The molecule has 2 aromatic rings. The van der Waals surface area contributed by atoms with Gasteiger partial charge in [-0.2, -0.15) is 0 Å². The van der Waals surface area contributed by atoms with E-state index in [1.165, 1.54) is 11.1 Å². The van der Waals surface area contributed by atoms with Crippen LogP contribution in [0.25, 0.3) is 0 Å². The minimum Gasteiger partial charge on any atom is -0.329 e. The van der Waals surface area contributed by atoms with Crippen molar-refractivity contribution in [1.29, 1.82) is 0 Å². The van der Waals surface area contributed by atoms with Crippen LogP contribution in [0.15, 0.2) is 30.9 Å². The molecule has 0 atom stereocenters. The van der Waals surface area contributed by atoms with Gasteiger partial charge in [-0.15, -0.1) is 0 Å². The Kier molecular flexibility index (Phi) is 4.68. The summed E-state index contributed by atoms with van der Waals surface area (Å²) in [6, 6.07) is 2.17. The Morgan fingerprint density at radius 1 is 1.32 bits per heavy atom. The molecule has 0 unspecified atom stereocenters. The van der Waals surface area contributed by atoms with E-state index in [1.807, 2.05) is 24.8 Å². The highest BCUT2D eigenvalue weighted by Gasteiger charge is 2.04. The fourth-order valence-electron chi connectivity index (χ4n) is 2.02. The van der Waals surface area contributed by atoms with Crippen LogP contribution < -0.4 is 5.32 Å². The molecule has 2 rings (SSSR count). The lowest BCUT2D eigenvalue weighted by Crippen LogP contribution is -2.21. The average molecular weight is 258 g/mol. The fraction of sp³-hybridized carbons (Fsp3) is 0.467. The quantitative estimate of drug-likeness (QED) is 0.865. The van der Waals surface area contributed by atoms with E-state index in [-0.39, 0.29) is 0 Å². The second kappa shape index (κ2) is 6.48. The van der Waals surface area contributed by atoms with E-state index >= 15 is 0 Å². The molecule has 0 aliphatic carbocycles. The summed E-state index contributed by atoms with van der Waals surface area (Å²) in [5, 5.41) is 3.43. The Labute approximate surface area is 114 Å². The van der Waals surface area contributed by atoms with Gasteiger partial charge in [-0.25, -0.2) is 4.98 Å². The molecule has 0 aromatic carbocycles. The zero-order valence-corrected chi connectivity index (χ0v) is 11.9. The van der Waals surface area contributed by atoms with Gasteiger partial charge < -0.3 is 9.88 Å². The lowest BCUT2D eigenvalue weighted by Gasteiger charge is -2.10. The number of imidazole rings is 1. The predicted molar refractivity (Wildman–Crippen MR) is 76.8 cm³/mol. The number of hydrogen-bond acceptors (Lipinski definition) is 3. The summed E-state index contributed by atoms with van der Waals surface area (Å²) in [4.78, 5) is 8.64. The Hall–Kier alpha value is -1.68. The topological polar surface area (TPSA) is 42.7 Å². The van der Waals surface area contributed by atoms with Crippen LogP contribution in [0.3, 0.4) is 0 Å². The van der Waals surface area contributed by atoms with Gasteiger partial charge >= 0.3 is 0 Å². The summed E-state index contributed by atoms with van der Waals surface area (Å²) in [5.74, 6) is 1.73. The van der Waals surface area contributed by atoms with Gasteiger partial charge in [-0.05, 0) is 30.5 Å². The van der Waals surface area contributed by atoms with Gasteiger partial charge in [0.25, 0.3) is 0 Å². The van der Waals surface area contributed by atoms with Crippen molar-refractivity contribution in [3.63, 3.8) is 0 Å².